The third kappa shape index (κ3) is 4.57. The molecule has 0 unspecified atom stereocenters. The van der Waals surface area contributed by atoms with Gasteiger partial charge in [-0.05, 0) is 114 Å². The molecule has 0 fully saturated rings. The maximum atomic E-state index is 2.77. The van der Waals surface area contributed by atoms with Crippen molar-refractivity contribution >= 4 is 55.8 Å². The van der Waals surface area contributed by atoms with E-state index < -0.39 is 5.41 Å². The van der Waals surface area contributed by atoms with Crippen LogP contribution in [0.3, 0.4) is 0 Å². The molecule has 5 heterocycles. The Balaban J connectivity index is 1.23. The number of para-hydroxylation sites is 1. The van der Waals surface area contributed by atoms with Crippen molar-refractivity contribution in [2.24, 2.45) is 10.8 Å². The van der Waals surface area contributed by atoms with Crippen LogP contribution >= 0.6 is 0 Å². The maximum absolute atomic E-state index is 2.77. The number of hydrogen-bond donors (Lipinski definition) is 0. The molecule has 0 amide bonds. The van der Waals surface area contributed by atoms with Crippen molar-refractivity contribution in [3.63, 3.8) is 0 Å². The highest BCUT2D eigenvalue weighted by Crippen LogP contribution is 2.62. The largest absolute Gasteiger partial charge is 0.310 e. The molecule has 4 aliphatic rings. The van der Waals surface area contributed by atoms with E-state index in [0.717, 1.165) is 12.8 Å². The Morgan fingerprint density at radius 3 is 1.69 bits per heavy atom. The van der Waals surface area contributed by atoms with Gasteiger partial charge >= 0.3 is 0 Å². The molecule has 1 aliphatic carbocycles. The Hall–Kier alpha value is -6.84. The average Bonchev–Trinajstić information content (AvgIpc) is 3.91. The fraction of sp³-hybridized carbons (Fsp3) is 0.180. The lowest BCUT2D eigenvalue weighted by atomic mass is 9.33. The van der Waals surface area contributed by atoms with Gasteiger partial charge in [0.15, 0.2) is 0 Å². The van der Waals surface area contributed by atoms with Crippen LogP contribution in [0.25, 0.3) is 77.6 Å². The lowest BCUT2D eigenvalue weighted by molar-refractivity contribution is 0.411. The van der Waals surface area contributed by atoms with E-state index in [4.69, 9.17) is 0 Å². The number of fused-ring (bicyclic) bond motifs is 11. The van der Waals surface area contributed by atoms with Gasteiger partial charge in [-0.1, -0.05) is 187 Å². The van der Waals surface area contributed by atoms with Crippen LogP contribution in [0.1, 0.15) is 74.9 Å². The molecule has 0 saturated carbocycles. The Morgan fingerprint density at radius 2 is 1.03 bits per heavy atom. The average molecular weight is 821 g/mol. The van der Waals surface area contributed by atoms with Crippen molar-refractivity contribution in [2.45, 2.75) is 59.8 Å². The first kappa shape index (κ1) is 36.6. The van der Waals surface area contributed by atoms with E-state index in [1.165, 1.54) is 127 Å². The number of nitrogens with zero attached hydrogens (tertiary/aromatic N) is 2. The van der Waals surface area contributed by atoms with E-state index in [0.29, 0.717) is 0 Å². The monoisotopic (exact) mass is 820 g/mol. The molecule has 0 bridgehead atoms. The van der Waals surface area contributed by atoms with E-state index in [1.807, 2.05) is 0 Å². The summed E-state index contributed by atoms with van der Waals surface area (Å²) in [5.74, 6) is 0. The summed E-state index contributed by atoms with van der Waals surface area (Å²) in [6.07, 6.45) is 2.00. The highest BCUT2D eigenvalue weighted by Gasteiger charge is 2.54. The summed E-state index contributed by atoms with van der Waals surface area (Å²) in [4.78, 5) is 0. The molecule has 8 aromatic carbocycles. The normalized spacial score (nSPS) is 14.6. The zero-order valence-electron chi connectivity index (χ0n) is 37.5. The highest BCUT2D eigenvalue weighted by atomic mass is 15.1. The summed E-state index contributed by atoms with van der Waals surface area (Å²) in [6, 6.07) is 63.6. The smallest absolute Gasteiger partial charge is 0.252 e. The molecule has 0 saturated heterocycles. The quantitative estimate of drug-likeness (QED) is 0.157. The van der Waals surface area contributed by atoms with Crippen molar-refractivity contribution < 1.29 is 0 Å². The molecule has 3 aliphatic heterocycles. The molecule has 2 aromatic heterocycles. The van der Waals surface area contributed by atoms with Crippen molar-refractivity contribution in [3.8, 4) is 44.9 Å². The first-order valence-corrected chi connectivity index (χ1v) is 23.3. The minimum absolute atomic E-state index is 0.0436. The van der Waals surface area contributed by atoms with Crippen LogP contribution in [-0.4, -0.2) is 15.8 Å². The fourth-order valence-corrected chi connectivity index (χ4v) is 13.2. The van der Waals surface area contributed by atoms with Crippen LogP contribution in [0.2, 0.25) is 0 Å². The van der Waals surface area contributed by atoms with Gasteiger partial charge < -0.3 is 9.13 Å². The van der Waals surface area contributed by atoms with Gasteiger partial charge in [0.1, 0.15) is 0 Å². The van der Waals surface area contributed by atoms with Gasteiger partial charge in [-0.2, -0.15) is 0 Å². The van der Waals surface area contributed by atoms with Gasteiger partial charge in [-0.15, -0.1) is 0 Å². The minimum atomic E-state index is -0.509. The number of benzene rings is 8. The summed E-state index contributed by atoms with van der Waals surface area (Å²) < 4.78 is 5.44. The van der Waals surface area contributed by atoms with Crippen LogP contribution in [0, 0.1) is 10.8 Å². The number of rotatable bonds is 4. The third-order valence-electron chi connectivity index (χ3n) is 15.0. The predicted molar refractivity (Wildman–Crippen MR) is 270 cm³/mol. The number of aromatic nitrogens is 2. The summed E-state index contributed by atoms with van der Waals surface area (Å²) in [6.45, 7) is 14.4. The summed E-state index contributed by atoms with van der Waals surface area (Å²) in [5, 5.41) is 4.09. The van der Waals surface area contributed by atoms with Gasteiger partial charge in [-0.25, -0.2) is 0 Å². The lowest BCUT2D eigenvalue weighted by Crippen LogP contribution is -2.60. The summed E-state index contributed by atoms with van der Waals surface area (Å²) in [5.41, 5.74) is 26.9. The molecule has 0 atom stereocenters. The van der Waals surface area contributed by atoms with Crippen LogP contribution in [0.4, 0.5) is 0 Å². The van der Waals surface area contributed by atoms with E-state index >= 15 is 0 Å². The second-order valence-electron chi connectivity index (χ2n) is 21.6. The molecule has 1 spiro atoms. The van der Waals surface area contributed by atoms with Gasteiger partial charge in [-0.3, -0.25) is 0 Å². The second-order valence-corrected chi connectivity index (χ2v) is 21.6. The molecular weight excluding hydrogens is 771 g/mol. The van der Waals surface area contributed by atoms with Gasteiger partial charge in [0, 0.05) is 44.1 Å². The molecular formula is C61H49BN2. The van der Waals surface area contributed by atoms with E-state index in [9.17, 15) is 0 Å². The first-order chi connectivity index (χ1) is 31.0. The van der Waals surface area contributed by atoms with Crippen LogP contribution in [0.15, 0.2) is 164 Å². The molecule has 64 heavy (non-hydrogen) atoms. The first-order valence-electron chi connectivity index (χ1n) is 23.3. The van der Waals surface area contributed by atoms with E-state index in [2.05, 4.69) is 214 Å². The molecule has 3 heteroatoms. The van der Waals surface area contributed by atoms with Crippen LogP contribution in [0.5, 0.6) is 0 Å². The Labute approximate surface area is 375 Å². The zero-order chi connectivity index (χ0) is 43.0. The Morgan fingerprint density at radius 1 is 0.453 bits per heavy atom. The van der Waals surface area contributed by atoms with Crippen molar-refractivity contribution in [1.29, 1.82) is 0 Å². The van der Waals surface area contributed by atoms with Crippen molar-refractivity contribution in [1.82, 2.24) is 9.13 Å². The standard InChI is InChI=1S/C61H49BN2/c1-59(2,3)34-36-30-43-44-31-37(35-60(4,5)6)33-50-57(44)64-55(43)48(32-36)61(45-25-15-13-22-40(45)41-23-14-16-26-46(41)61)47-28-29-51-53(58(47)64)62(50)49-27-17-24-42-52(38-18-9-7-10-19-38)54(63(51)56(42)49)39-20-11-8-12-21-39/h7-33H,34-35H2,1-6H3. The molecule has 0 N–H and O–H groups in total. The fourth-order valence-electron chi connectivity index (χ4n) is 13.2. The third-order valence-corrected chi connectivity index (χ3v) is 15.0. The molecule has 14 rings (SSSR count). The molecule has 10 aromatic rings. The molecule has 0 radical (unpaired) electrons. The summed E-state index contributed by atoms with van der Waals surface area (Å²) in [7, 11) is 0. The van der Waals surface area contributed by atoms with E-state index in [1.54, 1.807) is 0 Å². The summed E-state index contributed by atoms with van der Waals surface area (Å²) >= 11 is 0. The SMILES string of the molecule is CC(C)(C)Cc1cc2c3c(c1)c1cc(CC(C)(C)C)cc4c1n3-c1c(ccc3c1B2c1cccc2c(-c5ccccc5)c(-c5ccccc5)n-3c12)C41c2ccccc2-c2ccccc21. The van der Waals surface area contributed by atoms with Crippen LogP contribution < -0.4 is 16.4 Å². The topological polar surface area (TPSA) is 9.86 Å². The highest BCUT2D eigenvalue weighted by molar-refractivity contribution is 7.00. The zero-order valence-corrected chi connectivity index (χ0v) is 37.5. The van der Waals surface area contributed by atoms with Crippen molar-refractivity contribution in [3.05, 3.63) is 197 Å². The maximum Gasteiger partial charge on any atom is 0.252 e. The number of hydrogen-bond acceptors (Lipinski definition) is 0. The second kappa shape index (κ2) is 12.2. The van der Waals surface area contributed by atoms with E-state index in [-0.39, 0.29) is 17.5 Å². The van der Waals surface area contributed by atoms with Gasteiger partial charge in [0.05, 0.1) is 16.6 Å². The Bertz CT molecular complexity index is 3630. The van der Waals surface area contributed by atoms with Crippen LogP contribution in [-0.2, 0) is 18.3 Å². The molecule has 306 valence electrons. The Kier molecular flexibility index (Phi) is 7.01. The lowest BCUT2D eigenvalue weighted by Gasteiger charge is -2.44. The van der Waals surface area contributed by atoms with Crippen molar-refractivity contribution in [2.75, 3.05) is 0 Å². The molecule has 2 nitrogen and oxygen atoms in total. The van der Waals surface area contributed by atoms with Gasteiger partial charge in [0.25, 0.3) is 6.71 Å². The predicted octanol–water partition coefficient (Wildman–Crippen LogP) is 13.1. The van der Waals surface area contributed by atoms with Gasteiger partial charge in [0.2, 0.25) is 0 Å². The minimum Gasteiger partial charge on any atom is -0.310 e.